The van der Waals surface area contributed by atoms with Crippen LogP contribution in [-0.2, 0) is 4.74 Å². The van der Waals surface area contributed by atoms with Crippen molar-refractivity contribution in [2.24, 2.45) is 0 Å². The Morgan fingerprint density at radius 1 is 1.27 bits per heavy atom. The summed E-state index contributed by atoms with van der Waals surface area (Å²) in [5.74, 6) is 2.19. The van der Waals surface area contributed by atoms with Gasteiger partial charge in [-0.15, -0.1) is 0 Å². The molecule has 0 amide bonds. The van der Waals surface area contributed by atoms with E-state index in [-0.39, 0.29) is 6.04 Å². The SMILES string of the molecule is C[C@@H]1COCCN1C(=N)c1nc(-c2ccc(-c3ncc[nH]3)cc2)[nH]c1N. The Labute approximate surface area is 150 Å². The molecule has 2 aromatic heterocycles. The molecule has 1 fully saturated rings. The van der Waals surface area contributed by atoms with E-state index in [1.807, 2.05) is 36.1 Å². The van der Waals surface area contributed by atoms with Crippen molar-refractivity contribution in [3.8, 4) is 22.8 Å². The van der Waals surface area contributed by atoms with E-state index < -0.39 is 0 Å². The zero-order valence-corrected chi connectivity index (χ0v) is 14.5. The van der Waals surface area contributed by atoms with Gasteiger partial charge in [-0.3, -0.25) is 5.41 Å². The van der Waals surface area contributed by atoms with Crippen molar-refractivity contribution in [3.05, 3.63) is 42.4 Å². The third kappa shape index (κ3) is 2.95. The third-order valence-electron chi connectivity index (χ3n) is 4.54. The molecule has 1 atom stereocenters. The Balaban J connectivity index is 1.59. The molecule has 1 aliphatic heterocycles. The first-order chi connectivity index (χ1) is 12.6. The number of morpholine rings is 1. The van der Waals surface area contributed by atoms with Crippen LogP contribution in [0, 0.1) is 5.41 Å². The monoisotopic (exact) mass is 351 g/mol. The molecule has 0 radical (unpaired) electrons. The second-order valence-electron chi connectivity index (χ2n) is 6.33. The maximum atomic E-state index is 8.50. The zero-order valence-electron chi connectivity index (χ0n) is 14.5. The van der Waals surface area contributed by atoms with E-state index in [1.165, 1.54) is 0 Å². The summed E-state index contributed by atoms with van der Waals surface area (Å²) in [5.41, 5.74) is 8.48. The summed E-state index contributed by atoms with van der Waals surface area (Å²) in [7, 11) is 0. The maximum absolute atomic E-state index is 8.50. The lowest BCUT2D eigenvalue weighted by atomic mass is 10.1. The fourth-order valence-corrected chi connectivity index (χ4v) is 3.11. The summed E-state index contributed by atoms with van der Waals surface area (Å²) in [5, 5.41) is 8.50. The highest BCUT2D eigenvalue weighted by Gasteiger charge is 2.25. The first-order valence-corrected chi connectivity index (χ1v) is 8.52. The number of ether oxygens (including phenoxy) is 1. The molecule has 3 heterocycles. The number of hydrogen-bond acceptors (Lipinski definition) is 5. The molecule has 8 nitrogen and oxygen atoms in total. The molecular formula is C18H21N7O. The highest BCUT2D eigenvalue weighted by Crippen LogP contribution is 2.24. The summed E-state index contributed by atoms with van der Waals surface area (Å²) < 4.78 is 5.44. The van der Waals surface area contributed by atoms with Gasteiger partial charge in [0.2, 0.25) is 0 Å². The van der Waals surface area contributed by atoms with Crippen LogP contribution in [0.1, 0.15) is 12.6 Å². The molecule has 26 heavy (non-hydrogen) atoms. The van der Waals surface area contributed by atoms with Crippen LogP contribution < -0.4 is 5.73 Å². The number of benzene rings is 1. The maximum Gasteiger partial charge on any atom is 0.151 e. The van der Waals surface area contributed by atoms with Gasteiger partial charge in [-0.2, -0.15) is 0 Å². The van der Waals surface area contributed by atoms with Gasteiger partial charge in [0.1, 0.15) is 23.2 Å². The standard InChI is InChI=1S/C18H21N7O/c1-11-10-26-9-8-25(11)16(20)14-15(19)24-18(23-14)13-4-2-12(3-5-13)17-21-6-7-22-17/h2-7,11,20H,8-10,19H2,1H3,(H,21,22)(H,23,24)/t11-/m1/s1. The van der Waals surface area contributed by atoms with Gasteiger partial charge in [0.15, 0.2) is 5.84 Å². The summed E-state index contributed by atoms with van der Waals surface area (Å²) in [6.45, 7) is 3.91. The predicted molar refractivity (Wildman–Crippen MR) is 99.8 cm³/mol. The third-order valence-corrected chi connectivity index (χ3v) is 4.54. The molecule has 5 N–H and O–H groups in total. The van der Waals surface area contributed by atoms with Crippen molar-refractivity contribution in [2.45, 2.75) is 13.0 Å². The van der Waals surface area contributed by atoms with Crippen LogP contribution in [0.15, 0.2) is 36.7 Å². The number of hydrogen-bond donors (Lipinski definition) is 4. The first-order valence-electron chi connectivity index (χ1n) is 8.52. The second kappa shape index (κ2) is 6.64. The van der Waals surface area contributed by atoms with Crippen molar-refractivity contribution in [1.82, 2.24) is 24.8 Å². The molecule has 0 aliphatic carbocycles. The minimum atomic E-state index is 0.128. The molecule has 1 saturated heterocycles. The molecule has 0 spiro atoms. The van der Waals surface area contributed by atoms with Gasteiger partial charge >= 0.3 is 0 Å². The Morgan fingerprint density at radius 2 is 2.00 bits per heavy atom. The minimum absolute atomic E-state index is 0.128. The number of aromatic nitrogens is 4. The van der Waals surface area contributed by atoms with Crippen LogP contribution in [-0.4, -0.2) is 56.5 Å². The van der Waals surface area contributed by atoms with Crippen molar-refractivity contribution in [1.29, 1.82) is 5.41 Å². The molecule has 134 valence electrons. The van der Waals surface area contributed by atoms with E-state index in [0.29, 0.717) is 42.9 Å². The zero-order chi connectivity index (χ0) is 18.1. The number of H-pyrrole nitrogens is 2. The van der Waals surface area contributed by atoms with Crippen molar-refractivity contribution in [3.63, 3.8) is 0 Å². The van der Waals surface area contributed by atoms with Gasteiger partial charge in [-0.25, -0.2) is 9.97 Å². The molecule has 0 bridgehead atoms. The second-order valence-corrected chi connectivity index (χ2v) is 6.33. The average Bonchev–Trinajstić information content (AvgIpc) is 3.32. The van der Waals surface area contributed by atoms with Gasteiger partial charge in [0.05, 0.1) is 19.3 Å². The van der Waals surface area contributed by atoms with Gasteiger partial charge in [0, 0.05) is 30.1 Å². The lowest BCUT2D eigenvalue weighted by Gasteiger charge is -2.34. The molecule has 0 saturated carbocycles. The highest BCUT2D eigenvalue weighted by atomic mass is 16.5. The van der Waals surface area contributed by atoms with Crippen LogP contribution in [0.3, 0.4) is 0 Å². The van der Waals surface area contributed by atoms with Crippen molar-refractivity contribution >= 4 is 11.7 Å². The summed E-state index contributed by atoms with van der Waals surface area (Å²) in [6, 6.07) is 7.99. The van der Waals surface area contributed by atoms with Gasteiger partial charge in [0.25, 0.3) is 0 Å². The van der Waals surface area contributed by atoms with Crippen LogP contribution >= 0.6 is 0 Å². The minimum Gasteiger partial charge on any atom is -0.383 e. The van der Waals surface area contributed by atoms with Gasteiger partial charge in [-0.05, 0) is 6.92 Å². The van der Waals surface area contributed by atoms with Crippen LogP contribution in [0.2, 0.25) is 0 Å². The largest absolute Gasteiger partial charge is 0.383 e. The van der Waals surface area contributed by atoms with Gasteiger partial charge in [-0.1, -0.05) is 24.3 Å². The Morgan fingerprint density at radius 3 is 2.65 bits per heavy atom. The summed E-state index contributed by atoms with van der Waals surface area (Å²) >= 11 is 0. The summed E-state index contributed by atoms with van der Waals surface area (Å²) in [4.78, 5) is 17.0. The Kier molecular flexibility index (Phi) is 4.18. The number of nitrogens with zero attached hydrogens (tertiary/aromatic N) is 3. The number of anilines is 1. The number of nitrogen functional groups attached to an aromatic ring is 1. The topological polar surface area (TPSA) is 120 Å². The quantitative estimate of drug-likeness (QED) is 0.425. The highest BCUT2D eigenvalue weighted by molar-refractivity contribution is 5.99. The number of nitrogens with two attached hydrogens (primary N) is 1. The van der Waals surface area contributed by atoms with E-state index in [2.05, 4.69) is 19.9 Å². The molecule has 4 rings (SSSR count). The van der Waals surface area contributed by atoms with E-state index in [0.717, 1.165) is 17.0 Å². The number of nitrogens with one attached hydrogen (secondary N) is 3. The average molecular weight is 351 g/mol. The number of amidine groups is 1. The first kappa shape index (κ1) is 16.3. The molecule has 8 heteroatoms. The normalized spacial score (nSPS) is 17.4. The summed E-state index contributed by atoms with van der Waals surface area (Å²) in [6.07, 6.45) is 3.52. The number of rotatable bonds is 3. The van der Waals surface area contributed by atoms with Gasteiger partial charge < -0.3 is 25.3 Å². The van der Waals surface area contributed by atoms with Crippen molar-refractivity contribution in [2.75, 3.05) is 25.5 Å². The van der Waals surface area contributed by atoms with Crippen LogP contribution in [0.4, 0.5) is 5.82 Å². The molecule has 1 aromatic carbocycles. The van der Waals surface area contributed by atoms with Crippen LogP contribution in [0.5, 0.6) is 0 Å². The molecule has 1 aliphatic rings. The predicted octanol–water partition coefficient (Wildman–Crippen LogP) is 2.10. The molecular weight excluding hydrogens is 330 g/mol. The lowest BCUT2D eigenvalue weighted by molar-refractivity contribution is 0.0331. The van der Waals surface area contributed by atoms with Crippen molar-refractivity contribution < 1.29 is 4.74 Å². The molecule has 3 aromatic rings. The van der Waals surface area contributed by atoms with E-state index in [4.69, 9.17) is 15.9 Å². The Hall–Kier alpha value is -3.13. The Bertz CT molecular complexity index is 898. The van der Waals surface area contributed by atoms with E-state index >= 15 is 0 Å². The lowest BCUT2D eigenvalue weighted by Crippen LogP contribution is -2.47. The number of aromatic amines is 2. The smallest absolute Gasteiger partial charge is 0.151 e. The van der Waals surface area contributed by atoms with E-state index in [9.17, 15) is 0 Å². The molecule has 0 unspecified atom stereocenters. The fraction of sp³-hybridized carbons (Fsp3) is 0.278. The van der Waals surface area contributed by atoms with E-state index in [1.54, 1.807) is 12.4 Å². The van der Waals surface area contributed by atoms with Crippen LogP contribution in [0.25, 0.3) is 22.8 Å². The number of imidazole rings is 2. The fourth-order valence-electron chi connectivity index (χ4n) is 3.11.